The highest BCUT2D eigenvalue weighted by atomic mass is 15.6. The van der Waals surface area contributed by atoms with Crippen LogP contribution in [0.3, 0.4) is 0 Å². The Morgan fingerprint density at radius 2 is 2.27 bits per heavy atom. The zero-order valence-corrected chi connectivity index (χ0v) is 9.48. The van der Waals surface area contributed by atoms with Gasteiger partial charge < -0.3 is 5.32 Å². The second kappa shape index (κ2) is 4.70. The van der Waals surface area contributed by atoms with Gasteiger partial charge in [0.05, 0.1) is 12.6 Å². The second-order valence-corrected chi connectivity index (χ2v) is 4.45. The summed E-state index contributed by atoms with van der Waals surface area (Å²) in [5.41, 5.74) is 0. The molecule has 0 spiro atoms. The van der Waals surface area contributed by atoms with Gasteiger partial charge in [-0.1, -0.05) is 13.8 Å². The van der Waals surface area contributed by atoms with Crippen LogP contribution in [-0.4, -0.2) is 26.8 Å². The lowest BCUT2D eigenvalue weighted by Crippen LogP contribution is -2.28. The molecule has 0 aliphatic heterocycles. The molecule has 2 rings (SSSR count). The highest BCUT2D eigenvalue weighted by molar-refractivity contribution is 4.89. The molecule has 15 heavy (non-hydrogen) atoms. The number of rotatable bonds is 5. The van der Waals surface area contributed by atoms with Crippen molar-refractivity contribution in [3.63, 3.8) is 0 Å². The molecule has 1 aliphatic carbocycles. The zero-order chi connectivity index (χ0) is 10.7. The maximum absolute atomic E-state index is 4.07. The molecule has 5 heteroatoms. The van der Waals surface area contributed by atoms with Crippen LogP contribution in [0.2, 0.25) is 0 Å². The number of hydrogen-bond acceptors (Lipinski definition) is 4. The molecule has 1 saturated carbocycles. The first kappa shape index (κ1) is 10.5. The van der Waals surface area contributed by atoms with E-state index in [1.807, 2.05) is 4.68 Å². The molecule has 1 fully saturated rings. The molecule has 1 aromatic heterocycles. The summed E-state index contributed by atoms with van der Waals surface area (Å²) in [6, 6.07) is 0.536. The van der Waals surface area contributed by atoms with Crippen LogP contribution in [0.5, 0.6) is 0 Å². The van der Waals surface area contributed by atoms with Crippen molar-refractivity contribution in [2.45, 2.75) is 45.7 Å². The molecule has 1 aromatic rings. The molecule has 0 aromatic carbocycles. The Morgan fingerprint density at radius 3 is 2.93 bits per heavy atom. The largest absolute Gasteiger partial charge is 0.310 e. The van der Waals surface area contributed by atoms with Gasteiger partial charge in [-0.15, -0.1) is 5.10 Å². The van der Waals surface area contributed by atoms with Gasteiger partial charge in [-0.05, 0) is 42.2 Å². The van der Waals surface area contributed by atoms with Gasteiger partial charge >= 0.3 is 0 Å². The molecule has 1 aliphatic rings. The average Bonchev–Trinajstić information content (AvgIpc) is 2.61. The van der Waals surface area contributed by atoms with Crippen molar-refractivity contribution in [1.29, 1.82) is 0 Å². The minimum atomic E-state index is 0.536. The van der Waals surface area contributed by atoms with Gasteiger partial charge in [-0.2, -0.15) is 0 Å². The van der Waals surface area contributed by atoms with E-state index in [1.165, 1.54) is 12.8 Å². The summed E-state index contributed by atoms with van der Waals surface area (Å²) in [7, 11) is 0. The van der Waals surface area contributed by atoms with Crippen LogP contribution in [-0.2, 0) is 6.54 Å². The topological polar surface area (TPSA) is 55.6 Å². The highest BCUT2D eigenvalue weighted by Gasteiger charge is 2.29. The van der Waals surface area contributed by atoms with E-state index in [9.17, 15) is 0 Å². The van der Waals surface area contributed by atoms with Crippen molar-refractivity contribution in [2.75, 3.05) is 6.54 Å². The molecule has 0 atom stereocenters. The van der Waals surface area contributed by atoms with E-state index in [0.29, 0.717) is 6.04 Å². The Kier molecular flexibility index (Phi) is 3.30. The van der Waals surface area contributed by atoms with Gasteiger partial charge in [-0.3, -0.25) is 0 Å². The molecule has 0 saturated heterocycles. The number of aromatic nitrogens is 4. The van der Waals surface area contributed by atoms with Crippen LogP contribution in [0.4, 0.5) is 0 Å². The average molecular weight is 209 g/mol. The lowest BCUT2D eigenvalue weighted by molar-refractivity contribution is 0.192. The van der Waals surface area contributed by atoms with Crippen molar-refractivity contribution in [3.8, 4) is 0 Å². The first-order valence-electron chi connectivity index (χ1n) is 5.78. The fraction of sp³-hybridized carbons (Fsp3) is 0.900. The monoisotopic (exact) mass is 209 g/mol. The Morgan fingerprint density at radius 1 is 1.47 bits per heavy atom. The fourth-order valence-corrected chi connectivity index (χ4v) is 2.05. The van der Waals surface area contributed by atoms with Crippen molar-refractivity contribution in [3.05, 3.63) is 5.82 Å². The van der Waals surface area contributed by atoms with E-state index >= 15 is 0 Å². The van der Waals surface area contributed by atoms with Crippen LogP contribution < -0.4 is 5.32 Å². The maximum atomic E-state index is 4.07. The molecule has 0 bridgehead atoms. The molecule has 0 amide bonds. The molecule has 84 valence electrons. The minimum absolute atomic E-state index is 0.536. The third-order valence-electron chi connectivity index (χ3n) is 2.97. The smallest absolute Gasteiger partial charge is 0.165 e. The molecule has 0 radical (unpaired) electrons. The quantitative estimate of drug-likeness (QED) is 0.739. The molecular formula is C10H19N5. The van der Waals surface area contributed by atoms with E-state index in [0.717, 1.165) is 31.3 Å². The van der Waals surface area contributed by atoms with Gasteiger partial charge in [-0.25, -0.2) is 4.68 Å². The highest BCUT2D eigenvalue weighted by Crippen LogP contribution is 2.36. The van der Waals surface area contributed by atoms with E-state index in [2.05, 4.69) is 34.7 Å². The van der Waals surface area contributed by atoms with E-state index < -0.39 is 0 Å². The van der Waals surface area contributed by atoms with Crippen LogP contribution in [0.15, 0.2) is 0 Å². The standard InChI is InChI=1S/C10H19N5/c1-3-4-11-7-10-12-13-14-15(10)9-5-8(2)6-9/h8-9,11H,3-7H2,1-2H3. The maximum Gasteiger partial charge on any atom is 0.165 e. The van der Waals surface area contributed by atoms with Gasteiger partial charge in [0.2, 0.25) is 0 Å². The van der Waals surface area contributed by atoms with Gasteiger partial charge in [0, 0.05) is 0 Å². The van der Waals surface area contributed by atoms with E-state index in [1.54, 1.807) is 0 Å². The third-order valence-corrected chi connectivity index (χ3v) is 2.97. The molecule has 5 nitrogen and oxygen atoms in total. The number of hydrogen-bond donors (Lipinski definition) is 1. The van der Waals surface area contributed by atoms with Crippen molar-refractivity contribution in [2.24, 2.45) is 5.92 Å². The van der Waals surface area contributed by atoms with Crippen LogP contribution in [0.25, 0.3) is 0 Å². The SMILES string of the molecule is CCCNCc1nnnn1C1CC(C)C1. The number of nitrogens with one attached hydrogen (secondary N) is 1. The molecule has 0 unspecified atom stereocenters. The normalized spacial score (nSPS) is 25.2. The van der Waals surface area contributed by atoms with Crippen molar-refractivity contribution < 1.29 is 0 Å². The minimum Gasteiger partial charge on any atom is -0.310 e. The summed E-state index contributed by atoms with van der Waals surface area (Å²) in [4.78, 5) is 0. The van der Waals surface area contributed by atoms with Crippen LogP contribution in [0, 0.1) is 5.92 Å². The Balaban J connectivity index is 1.90. The van der Waals surface area contributed by atoms with Crippen LogP contribution >= 0.6 is 0 Å². The molecule has 1 N–H and O–H groups in total. The predicted octanol–water partition coefficient (Wildman–Crippen LogP) is 1.14. The van der Waals surface area contributed by atoms with E-state index in [-0.39, 0.29) is 0 Å². The lowest BCUT2D eigenvalue weighted by atomic mass is 9.82. The van der Waals surface area contributed by atoms with Gasteiger partial charge in [0.25, 0.3) is 0 Å². The summed E-state index contributed by atoms with van der Waals surface area (Å²) in [6.07, 6.45) is 3.57. The Hall–Kier alpha value is -0.970. The summed E-state index contributed by atoms with van der Waals surface area (Å²) >= 11 is 0. The lowest BCUT2D eigenvalue weighted by Gasteiger charge is -2.32. The number of tetrazole rings is 1. The predicted molar refractivity (Wildman–Crippen MR) is 57.2 cm³/mol. The van der Waals surface area contributed by atoms with Gasteiger partial charge in [0.1, 0.15) is 0 Å². The molecular weight excluding hydrogens is 190 g/mol. The summed E-state index contributed by atoms with van der Waals surface area (Å²) in [5.74, 6) is 1.80. The summed E-state index contributed by atoms with van der Waals surface area (Å²) in [5, 5.41) is 15.2. The van der Waals surface area contributed by atoms with Crippen molar-refractivity contribution >= 4 is 0 Å². The van der Waals surface area contributed by atoms with E-state index in [4.69, 9.17) is 0 Å². The molecule has 1 heterocycles. The number of nitrogens with zero attached hydrogens (tertiary/aromatic N) is 4. The fourth-order valence-electron chi connectivity index (χ4n) is 2.05. The summed E-state index contributed by atoms with van der Waals surface area (Å²) < 4.78 is 1.99. The summed E-state index contributed by atoms with van der Waals surface area (Å²) in [6.45, 7) is 6.24. The zero-order valence-electron chi connectivity index (χ0n) is 9.48. The Labute approximate surface area is 90.2 Å². The second-order valence-electron chi connectivity index (χ2n) is 4.45. The van der Waals surface area contributed by atoms with Gasteiger partial charge in [0.15, 0.2) is 5.82 Å². The first-order valence-corrected chi connectivity index (χ1v) is 5.78. The van der Waals surface area contributed by atoms with Crippen molar-refractivity contribution in [1.82, 2.24) is 25.5 Å². The van der Waals surface area contributed by atoms with Crippen LogP contribution in [0.1, 0.15) is 45.0 Å². The third kappa shape index (κ3) is 2.34. The Bertz CT molecular complexity index is 303. The first-order chi connectivity index (χ1) is 7.31.